The van der Waals surface area contributed by atoms with Gasteiger partial charge in [0.2, 0.25) is 5.91 Å². The monoisotopic (exact) mass is 406 g/mol. The van der Waals surface area contributed by atoms with Gasteiger partial charge in [-0.05, 0) is 50.1 Å². The van der Waals surface area contributed by atoms with E-state index in [1.54, 1.807) is 12.1 Å². The minimum atomic E-state index is -0.00924. The van der Waals surface area contributed by atoms with Crippen LogP contribution in [0.15, 0.2) is 60.7 Å². The van der Waals surface area contributed by atoms with Crippen LogP contribution in [0.5, 0.6) is 0 Å². The number of piperidine rings is 1. The number of anilines is 2. The summed E-state index contributed by atoms with van der Waals surface area (Å²) in [5.41, 5.74) is 3.89. The maximum Gasteiger partial charge on any atom is 0.227 e. The molecule has 0 radical (unpaired) electrons. The maximum absolute atomic E-state index is 12.5. The molecule has 5 nitrogen and oxygen atoms in total. The molecule has 1 saturated heterocycles. The number of benzene rings is 2. The minimum Gasteiger partial charge on any atom is -0.355 e. The van der Waals surface area contributed by atoms with E-state index in [4.69, 9.17) is 11.6 Å². The van der Waals surface area contributed by atoms with Gasteiger partial charge in [-0.2, -0.15) is 0 Å². The second kappa shape index (κ2) is 8.62. The molecule has 0 unspecified atom stereocenters. The Morgan fingerprint density at radius 2 is 1.79 bits per heavy atom. The summed E-state index contributed by atoms with van der Waals surface area (Å²) in [6, 6.07) is 19.5. The van der Waals surface area contributed by atoms with Gasteiger partial charge in [0.05, 0.1) is 5.69 Å². The van der Waals surface area contributed by atoms with Crippen LogP contribution >= 0.6 is 11.6 Å². The van der Waals surface area contributed by atoms with Gasteiger partial charge in [-0.15, -0.1) is 10.2 Å². The average molecular weight is 407 g/mol. The van der Waals surface area contributed by atoms with Gasteiger partial charge in [0.1, 0.15) is 0 Å². The highest BCUT2D eigenvalue weighted by molar-refractivity contribution is 6.30. The molecular weight excluding hydrogens is 384 g/mol. The Hall–Kier alpha value is -2.92. The number of hydrogen-bond acceptors (Lipinski definition) is 4. The molecule has 1 aliphatic heterocycles. The van der Waals surface area contributed by atoms with Crippen molar-refractivity contribution in [2.24, 2.45) is 5.92 Å². The second-order valence-electron chi connectivity index (χ2n) is 7.40. The molecule has 1 aliphatic rings. The first kappa shape index (κ1) is 19.4. The van der Waals surface area contributed by atoms with E-state index in [1.807, 2.05) is 24.3 Å². The Bertz CT molecular complexity index is 981. The lowest BCUT2D eigenvalue weighted by Crippen LogP contribution is -2.38. The minimum absolute atomic E-state index is 0.00924. The smallest absolute Gasteiger partial charge is 0.227 e. The molecule has 4 rings (SSSR count). The summed E-state index contributed by atoms with van der Waals surface area (Å²) < 4.78 is 0. The predicted octanol–water partition coefficient (Wildman–Crippen LogP) is 4.96. The quantitative estimate of drug-likeness (QED) is 0.665. The van der Waals surface area contributed by atoms with Gasteiger partial charge in [-0.25, -0.2) is 0 Å². The topological polar surface area (TPSA) is 58.1 Å². The molecule has 1 aromatic heterocycles. The summed E-state index contributed by atoms with van der Waals surface area (Å²) in [7, 11) is 0. The number of halogens is 1. The molecule has 1 amide bonds. The number of aryl methyl sites for hydroxylation is 1. The molecule has 0 atom stereocenters. The molecular formula is C23H23ClN4O. The molecule has 148 valence electrons. The molecule has 1 fully saturated rings. The van der Waals surface area contributed by atoms with Crippen LogP contribution in [0.2, 0.25) is 5.02 Å². The van der Waals surface area contributed by atoms with Gasteiger partial charge in [0.15, 0.2) is 5.82 Å². The van der Waals surface area contributed by atoms with Crippen molar-refractivity contribution in [1.29, 1.82) is 0 Å². The molecule has 1 N–H and O–H groups in total. The SMILES string of the molecule is Cc1ccc(-c2ccc(N3CCC(C(=O)Nc4cccc(Cl)c4)CC3)nn2)cc1. The van der Waals surface area contributed by atoms with Crippen molar-refractivity contribution >= 4 is 29.0 Å². The van der Waals surface area contributed by atoms with Gasteiger partial charge in [0, 0.05) is 35.3 Å². The van der Waals surface area contributed by atoms with Gasteiger partial charge in [-0.1, -0.05) is 47.5 Å². The summed E-state index contributed by atoms with van der Waals surface area (Å²) in [5, 5.41) is 12.4. The van der Waals surface area contributed by atoms with E-state index < -0.39 is 0 Å². The summed E-state index contributed by atoms with van der Waals surface area (Å²) >= 11 is 5.99. The predicted molar refractivity (Wildman–Crippen MR) is 117 cm³/mol. The third kappa shape index (κ3) is 4.74. The lowest BCUT2D eigenvalue weighted by Gasteiger charge is -2.31. The number of hydrogen-bond donors (Lipinski definition) is 1. The van der Waals surface area contributed by atoms with Crippen LogP contribution in [0.1, 0.15) is 18.4 Å². The fourth-order valence-corrected chi connectivity index (χ4v) is 3.74. The zero-order chi connectivity index (χ0) is 20.2. The Balaban J connectivity index is 1.34. The van der Waals surface area contributed by atoms with E-state index in [0.29, 0.717) is 5.02 Å². The van der Waals surface area contributed by atoms with E-state index in [9.17, 15) is 4.79 Å². The highest BCUT2D eigenvalue weighted by Crippen LogP contribution is 2.25. The van der Waals surface area contributed by atoms with Crippen molar-refractivity contribution in [3.05, 3.63) is 71.2 Å². The normalized spacial score (nSPS) is 14.6. The Labute approximate surface area is 175 Å². The van der Waals surface area contributed by atoms with Crippen molar-refractivity contribution in [2.45, 2.75) is 19.8 Å². The Morgan fingerprint density at radius 3 is 2.45 bits per heavy atom. The molecule has 3 aromatic rings. The zero-order valence-electron chi connectivity index (χ0n) is 16.3. The first-order valence-corrected chi connectivity index (χ1v) is 10.2. The lowest BCUT2D eigenvalue weighted by atomic mass is 9.96. The number of nitrogens with one attached hydrogen (secondary N) is 1. The van der Waals surface area contributed by atoms with Crippen molar-refractivity contribution in [1.82, 2.24) is 10.2 Å². The summed E-state index contributed by atoms with van der Waals surface area (Å²) in [5.74, 6) is 0.896. The number of carbonyl (C=O) groups excluding carboxylic acids is 1. The Kier molecular flexibility index (Phi) is 5.76. The fraction of sp³-hybridized carbons (Fsp3) is 0.261. The van der Waals surface area contributed by atoms with Gasteiger partial charge in [-0.3, -0.25) is 4.79 Å². The van der Waals surface area contributed by atoms with E-state index in [1.165, 1.54) is 5.56 Å². The Morgan fingerprint density at radius 1 is 1.03 bits per heavy atom. The molecule has 0 aliphatic carbocycles. The van der Waals surface area contributed by atoms with Gasteiger partial charge < -0.3 is 10.2 Å². The summed E-state index contributed by atoms with van der Waals surface area (Å²) in [4.78, 5) is 14.7. The number of aromatic nitrogens is 2. The fourth-order valence-electron chi connectivity index (χ4n) is 3.55. The maximum atomic E-state index is 12.5. The molecule has 2 heterocycles. The van der Waals surface area contributed by atoms with Gasteiger partial charge >= 0.3 is 0 Å². The largest absolute Gasteiger partial charge is 0.355 e. The van der Waals surface area contributed by atoms with E-state index >= 15 is 0 Å². The van der Waals surface area contributed by atoms with E-state index in [2.05, 4.69) is 51.6 Å². The highest BCUT2D eigenvalue weighted by Gasteiger charge is 2.26. The molecule has 0 bridgehead atoms. The van der Waals surface area contributed by atoms with Crippen LogP contribution in [0.25, 0.3) is 11.3 Å². The van der Waals surface area contributed by atoms with Crippen LogP contribution < -0.4 is 10.2 Å². The van der Waals surface area contributed by atoms with Crippen LogP contribution in [-0.2, 0) is 4.79 Å². The number of amides is 1. The van der Waals surface area contributed by atoms with Crippen LogP contribution in [0.3, 0.4) is 0 Å². The third-order valence-electron chi connectivity index (χ3n) is 5.28. The van der Waals surface area contributed by atoms with Crippen molar-refractivity contribution in [3.63, 3.8) is 0 Å². The summed E-state index contributed by atoms with van der Waals surface area (Å²) in [6.45, 7) is 3.63. The number of carbonyl (C=O) groups is 1. The first-order chi connectivity index (χ1) is 14.1. The van der Waals surface area contributed by atoms with E-state index in [0.717, 1.165) is 48.7 Å². The molecule has 29 heavy (non-hydrogen) atoms. The van der Waals surface area contributed by atoms with Crippen molar-refractivity contribution < 1.29 is 4.79 Å². The molecule has 0 saturated carbocycles. The summed E-state index contributed by atoms with van der Waals surface area (Å²) in [6.07, 6.45) is 1.57. The molecule has 2 aromatic carbocycles. The first-order valence-electron chi connectivity index (χ1n) is 9.80. The zero-order valence-corrected chi connectivity index (χ0v) is 17.1. The lowest BCUT2D eigenvalue weighted by molar-refractivity contribution is -0.120. The third-order valence-corrected chi connectivity index (χ3v) is 5.51. The van der Waals surface area contributed by atoms with Crippen LogP contribution in [0.4, 0.5) is 11.5 Å². The number of rotatable bonds is 4. The highest BCUT2D eigenvalue weighted by atomic mass is 35.5. The molecule has 6 heteroatoms. The van der Waals surface area contributed by atoms with Crippen LogP contribution in [-0.4, -0.2) is 29.2 Å². The van der Waals surface area contributed by atoms with Crippen molar-refractivity contribution in [3.8, 4) is 11.3 Å². The second-order valence-corrected chi connectivity index (χ2v) is 7.84. The van der Waals surface area contributed by atoms with Gasteiger partial charge in [0.25, 0.3) is 0 Å². The standard InChI is InChI=1S/C23H23ClN4O/c1-16-5-7-17(8-6-16)21-9-10-22(27-26-21)28-13-11-18(12-14-28)23(29)25-20-4-2-3-19(24)15-20/h2-10,15,18H,11-14H2,1H3,(H,25,29). The average Bonchev–Trinajstić information content (AvgIpc) is 2.75. The van der Waals surface area contributed by atoms with E-state index in [-0.39, 0.29) is 11.8 Å². The number of nitrogens with zero attached hydrogens (tertiary/aromatic N) is 3. The van der Waals surface area contributed by atoms with Crippen LogP contribution in [0, 0.1) is 12.8 Å². The molecule has 0 spiro atoms. The van der Waals surface area contributed by atoms with Crippen molar-refractivity contribution in [2.75, 3.05) is 23.3 Å².